The summed E-state index contributed by atoms with van der Waals surface area (Å²) in [4.78, 5) is 37.6. The number of hydrogen-bond donors (Lipinski definition) is 4. The van der Waals surface area contributed by atoms with Gasteiger partial charge in [0.05, 0.1) is 11.3 Å². The molecule has 12 heteroatoms. The molecule has 5 rings (SSSR count). The molecule has 1 saturated carbocycles. The van der Waals surface area contributed by atoms with E-state index in [1.165, 1.54) is 41.4 Å². The molecular weight excluding hydrogens is 498 g/mol. The zero-order chi connectivity index (χ0) is 26.0. The zero-order valence-electron chi connectivity index (χ0n) is 19.6. The van der Waals surface area contributed by atoms with Gasteiger partial charge in [-0.3, -0.25) is 9.59 Å². The number of aromatic nitrogens is 4. The molecule has 0 bridgehead atoms. The Balaban J connectivity index is 1.34. The summed E-state index contributed by atoms with van der Waals surface area (Å²) < 4.78 is 1.46. The van der Waals surface area contributed by atoms with Crippen LogP contribution in [0.15, 0.2) is 54.9 Å². The second-order valence-electron chi connectivity index (χ2n) is 9.10. The summed E-state index contributed by atoms with van der Waals surface area (Å²) in [5.74, 6) is -1.88. The molecule has 3 atom stereocenters. The van der Waals surface area contributed by atoms with Crippen molar-refractivity contribution in [2.75, 3.05) is 11.9 Å². The van der Waals surface area contributed by atoms with Crippen LogP contribution in [0.1, 0.15) is 35.2 Å². The van der Waals surface area contributed by atoms with Gasteiger partial charge in [-0.2, -0.15) is 4.68 Å². The topological polar surface area (TPSA) is 151 Å². The van der Waals surface area contributed by atoms with Crippen molar-refractivity contribution in [3.63, 3.8) is 0 Å². The number of carboxylic acid groups (broad SMARTS) is 1. The average molecular weight is 522 g/mol. The molecule has 0 radical (unpaired) electrons. The van der Waals surface area contributed by atoms with Crippen LogP contribution in [0.2, 0.25) is 5.02 Å². The van der Waals surface area contributed by atoms with Crippen molar-refractivity contribution in [3.8, 4) is 5.69 Å². The van der Waals surface area contributed by atoms with E-state index in [0.717, 1.165) is 19.4 Å². The molecular formula is C25H24ClN7O4. The number of carbonyl (C=O) groups excluding carboxylic acids is 2. The van der Waals surface area contributed by atoms with E-state index in [0.29, 0.717) is 28.4 Å². The fourth-order valence-corrected chi connectivity index (χ4v) is 4.98. The highest BCUT2D eigenvalue weighted by Gasteiger charge is 2.63. The van der Waals surface area contributed by atoms with Gasteiger partial charge >= 0.3 is 5.97 Å². The quantitative estimate of drug-likeness (QED) is 0.330. The molecule has 2 aliphatic rings. The molecule has 2 amide bonds. The Bertz CT molecular complexity index is 1350. The van der Waals surface area contributed by atoms with Gasteiger partial charge in [-0.25, -0.2) is 4.79 Å². The second kappa shape index (κ2) is 10.1. The van der Waals surface area contributed by atoms with Crippen molar-refractivity contribution >= 4 is 41.1 Å². The number of nitrogens with zero attached hydrogens (tertiary/aromatic N) is 4. The van der Waals surface area contributed by atoms with Crippen LogP contribution in [0.5, 0.6) is 0 Å². The number of hydrogen-bond acceptors (Lipinski definition) is 7. The van der Waals surface area contributed by atoms with Gasteiger partial charge in [0.15, 0.2) is 0 Å². The van der Waals surface area contributed by atoms with Crippen LogP contribution in [0.25, 0.3) is 11.8 Å². The van der Waals surface area contributed by atoms with E-state index in [1.807, 2.05) is 0 Å². The molecule has 3 aromatic rings. The standard InChI is InChI=1S/C25H24ClN7O4/c26-17-6-9-21(33-14-28-31-32-33)16(12-17)5-10-22(34)30-25(13-19(25)20-2-1-11-27-20)24(37)29-18-7-3-15(4-8-18)23(35)36/h3-10,12,14,19-20,27H,1-2,11,13H2,(H,29,37)(H,30,34)(H,35,36)/b10-5+/t19-,20-,25?/m0/s1. The molecule has 4 N–H and O–H groups in total. The number of rotatable bonds is 8. The smallest absolute Gasteiger partial charge is 0.335 e. The monoisotopic (exact) mass is 521 g/mol. The molecule has 2 fully saturated rings. The molecule has 1 saturated heterocycles. The maximum atomic E-state index is 13.4. The maximum absolute atomic E-state index is 13.4. The van der Waals surface area contributed by atoms with Crippen LogP contribution in [0, 0.1) is 5.92 Å². The van der Waals surface area contributed by atoms with E-state index < -0.39 is 17.4 Å². The Morgan fingerprint density at radius 1 is 1.19 bits per heavy atom. The van der Waals surface area contributed by atoms with E-state index in [1.54, 1.807) is 24.3 Å². The first-order chi connectivity index (χ1) is 17.9. The normalized spacial score (nSPS) is 22.6. The summed E-state index contributed by atoms with van der Waals surface area (Å²) in [6.07, 6.45) is 6.82. The predicted molar refractivity (Wildman–Crippen MR) is 135 cm³/mol. The summed E-state index contributed by atoms with van der Waals surface area (Å²) in [7, 11) is 0. The van der Waals surface area contributed by atoms with Crippen LogP contribution in [0.4, 0.5) is 5.69 Å². The van der Waals surface area contributed by atoms with Gasteiger partial charge in [0, 0.05) is 34.3 Å². The summed E-state index contributed by atoms with van der Waals surface area (Å²) in [5, 5.41) is 30.0. The van der Waals surface area contributed by atoms with Gasteiger partial charge in [0.2, 0.25) is 5.91 Å². The van der Waals surface area contributed by atoms with Crippen LogP contribution in [-0.4, -0.2) is 61.2 Å². The Hall–Kier alpha value is -4.09. The molecule has 1 aliphatic carbocycles. The number of anilines is 1. The van der Waals surface area contributed by atoms with Crippen molar-refractivity contribution in [3.05, 3.63) is 71.0 Å². The van der Waals surface area contributed by atoms with Gasteiger partial charge in [-0.15, -0.1) is 5.10 Å². The Kier molecular flexibility index (Phi) is 6.72. The average Bonchev–Trinajstić information content (AvgIpc) is 3.27. The van der Waals surface area contributed by atoms with Crippen molar-refractivity contribution in [2.45, 2.75) is 30.8 Å². The Morgan fingerprint density at radius 3 is 2.68 bits per heavy atom. The Labute approximate surface area is 216 Å². The third-order valence-electron chi connectivity index (χ3n) is 6.74. The predicted octanol–water partition coefficient (Wildman–Crippen LogP) is 2.29. The summed E-state index contributed by atoms with van der Waals surface area (Å²) in [5.41, 5.74) is 0.746. The lowest BCUT2D eigenvalue weighted by Gasteiger charge is -2.21. The first-order valence-corrected chi connectivity index (χ1v) is 12.1. The molecule has 1 aromatic heterocycles. The lowest BCUT2D eigenvalue weighted by molar-refractivity contribution is -0.125. The van der Waals surface area contributed by atoms with Gasteiger partial charge in [-0.05, 0) is 84.8 Å². The fraction of sp³-hybridized carbons (Fsp3) is 0.280. The summed E-state index contributed by atoms with van der Waals surface area (Å²) in [6.45, 7) is 0.873. The minimum Gasteiger partial charge on any atom is -0.478 e. The number of aromatic carboxylic acids is 1. The van der Waals surface area contributed by atoms with Gasteiger partial charge in [-0.1, -0.05) is 11.6 Å². The number of carbonyl (C=O) groups is 3. The lowest BCUT2D eigenvalue weighted by Crippen LogP contribution is -2.49. The van der Waals surface area contributed by atoms with Crippen LogP contribution >= 0.6 is 11.6 Å². The summed E-state index contributed by atoms with van der Waals surface area (Å²) >= 11 is 6.16. The SMILES string of the molecule is O=C(/C=C/c1cc(Cl)ccc1-n1cnnn1)NC1(C(=O)Nc2ccc(C(=O)O)cc2)C[C@H]1[C@@H]1CCCN1. The van der Waals surface area contributed by atoms with Gasteiger partial charge < -0.3 is 21.1 Å². The molecule has 1 aliphatic heterocycles. The number of benzene rings is 2. The first-order valence-electron chi connectivity index (χ1n) is 11.8. The minimum atomic E-state index is -1.08. The maximum Gasteiger partial charge on any atom is 0.335 e. The number of carboxylic acids is 1. The molecule has 0 spiro atoms. The number of tetrazole rings is 1. The largest absolute Gasteiger partial charge is 0.478 e. The highest BCUT2D eigenvalue weighted by Crippen LogP contribution is 2.48. The second-order valence-corrected chi connectivity index (χ2v) is 9.54. The van der Waals surface area contributed by atoms with Gasteiger partial charge in [0.25, 0.3) is 5.91 Å². The van der Waals surface area contributed by atoms with Crippen LogP contribution in [-0.2, 0) is 9.59 Å². The van der Waals surface area contributed by atoms with E-state index >= 15 is 0 Å². The molecule has 2 aromatic carbocycles. The first kappa shape index (κ1) is 24.6. The van der Waals surface area contributed by atoms with Gasteiger partial charge in [0.1, 0.15) is 11.9 Å². The van der Waals surface area contributed by atoms with E-state index in [2.05, 4.69) is 31.5 Å². The van der Waals surface area contributed by atoms with E-state index in [4.69, 9.17) is 16.7 Å². The number of amides is 2. The van der Waals surface area contributed by atoms with Crippen molar-refractivity contribution in [2.24, 2.45) is 5.92 Å². The zero-order valence-corrected chi connectivity index (χ0v) is 20.4. The van der Waals surface area contributed by atoms with E-state index in [9.17, 15) is 14.4 Å². The highest BCUT2D eigenvalue weighted by molar-refractivity contribution is 6.30. The van der Waals surface area contributed by atoms with Crippen LogP contribution < -0.4 is 16.0 Å². The molecule has 37 heavy (non-hydrogen) atoms. The fourth-order valence-electron chi connectivity index (χ4n) is 4.80. The molecule has 11 nitrogen and oxygen atoms in total. The van der Waals surface area contributed by atoms with Crippen molar-refractivity contribution in [1.82, 2.24) is 30.8 Å². The number of halogens is 1. The molecule has 1 unspecified atom stereocenters. The van der Waals surface area contributed by atoms with Crippen LogP contribution in [0.3, 0.4) is 0 Å². The lowest BCUT2D eigenvalue weighted by atomic mass is 10.0. The third-order valence-corrected chi connectivity index (χ3v) is 6.97. The number of nitrogens with one attached hydrogen (secondary N) is 3. The Morgan fingerprint density at radius 2 is 2.00 bits per heavy atom. The van der Waals surface area contributed by atoms with E-state index in [-0.39, 0.29) is 23.4 Å². The highest BCUT2D eigenvalue weighted by atomic mass is 35.5. The summed E-state index contributed by atoms with van der Waals surface area (Å²) in [6, 6.07) is 11.1. The minimum absolute atomic E-state index is 0.0615. The molecule has 2 heterocycles. The molecule has 190 valence electrons. The van der Waals surface area contributed by atoms with Crippen molar-refractivity contribution in [1.29, 1.82) is 0 Å². The third kappa shape index (κ3) is 5.23. The van der Waals surface area contributed by atoms with Crippen molar-refractivity contribution < 1.29 is 19.5 Å².